The predicted molar refractivity (Wildman–Crippen MR) is 61.5 cm³/mol. The fourth-order valence-electron chi connectivity index (χ4n) is 1.45. The number of carbonyl (C=O) groups excluding carboxylic acids is 1. The molecule has 0 amide bonds. The lowest BCUT2D eigenvalue weighted by molar-refractivity contribution is -0.143. The largest absolute Gasteiger partial charge is 0.466 e. The van der Waals surface area contributed by atoms with Crippen molar-refractivity contribution < 1.29 is 9.53 Å². The Labute approximate surface area is 92.0 Å². The third-order valence-corrected chi connectivity index (χ3v) is 2.26. The second-order valence-electron chi connectivity index (χ2n) is 3.58. The van der Waals surface area contributed by atoms with E-state index in [4.69, 9.17) is 12.6 Å². The number of rotatable bonds is 4. The summed E-state index contributed by atoms with van der Waals surface area (Å²) in [6.07, 6.45) is 0.400. The number of hydrogen-bond donors (Lipinski definition) is 0. The Bertz CT molecular complexity index is 336. The van der Waals surface area contributed by atoms with Crippen molar-refractivity contribution in [3.8, 4) is 0 Å². The molecule has 2 radical (unpaired) electrons. The molecule has 0 aliphatic rings. The Kier molecular flexibility index (Phi) is 4.41. The monoisotopic (exact) mass is 202 g/mol. The van der Waals surface area contributed by atoms with Crippen LogP contribution in [0.3, 0.4) is 0 Å². The lowest BCUT2D eigenvalue weighted by Gasteiger charge is -2.11. The van der Waals surface area contributed by atoms with Gasteiger partial charge in [-0.1, -0.05) is 36.7 Å². The van der Waals surface area contributed by atoms with Crippen molar-refractivity contribution in [2.45, 2.75) is 26.2 Å². The Morgan fingerprint density at radius 2 is 2.27 bits per heavy atom. The summed E-state index contributed by atoms with van der Waals surface area (Å²) in [6.45, 7) is 4.23. The van der Waals surface area contributed by atoms with Crippen LogP contribution in [-0.4, -0.2) is 20.4 Å². The molecule has 0 saturated heterocycles. The van der Waals surface area contributed by atoms with Gasteiger partial charge in [0, 0.05) is 0 Å². The highest BCUT2D eigenvalue weighted by Crippen LogP contribution is 2.17. The molecule has 0 spiro atoms. The van der Waals surface area contributed by atoms with Crippen LogP contribution in [0.15, 0.2) is 24.3 Å². The number of hydrogen-bond acceptors (Lipinski definition) is 2. The summed E-state index contributed by atoms with van der Waals surface area (Å²) in [6, 6.07) is 7.59. The Morgan fingerprint density at radius 3 is 2.87 bits per heavy atom. The molecule has 1 unspecified atom stereocenters. The molecule has 2 nitrogen and oxygen atoms in total. The lowest BCUT2D eigenvalue weighted by Crippen LogP contribution is -2.10. The number of benzene rings is 1. The molecule has 0 fully saturated rings. The number of ether oxygens (including phenoxy) is 1. The average Bonchev–Trinajstić information content (AvgIpc) is 2.18. The molecular formula is C12H15BO2. The highest BCUT2D eigenvalue weighted by molar-refractivity contribution is 6.32. The van der Waals surface area contributed by atoms with Gasteiger partial charge in [-0.2, -0.15) is 0 Å². The van der Waals surface area contributed by atoms with Gasteiger partial charge in [0.2, 0.25) is 0 Å². The van der Waals surface area contributed by atoms with Crippen LogP contribution < -0.4 is 5.46 Å². The fraction of sp³-hybridized carbons (Fsp3) is 0.417. The Balaban J connectivity index is 2.60. The molecule has 1 aromatic rings. The third kappa shape index (κ3) is 3.78. The van der Waals surface area contributed by atoms with Gasteiger partial charge in [0.05, 0.1) is 13.0 Å². The third-order valence-electron chi connectivity index (χ3n) is 2.26. The molecule has 15 heavy (non-hydrogen) atoms. The van der Waals surface area contributed by atoms with E-state index in [0.29, 0.717) is 13.0 Å². The summed E-state index contributed by atoms with van der Waals surface area (Å²) in [5.74, 6) is -0.0139. The highest BCUT2D eigenvalue weighted by Gasteiger charge is 2.11. The first-order chi connectivity index (χ1) is 7.13. The van der Waals surface area contributed by atoms with E-state index < -0.39 is 0 Å². The molecular weight excluding hydrogens is 187 g/mol. The van der Waals surface area contributed by atoms with Crippen LogP contribution in [0.2, 0.25) is 0 Å². The molecule has 1 rings (SSSR count). The average molecular weight is 202 g/mol. The van der Waals surface area contributed by atoms with E-state index in [1.54, 1.807) is 0 Å². The maximum Gasteiger partial charge on any atom is 0.306 e. The first-order valence-corrected chi connectivity index (χ1v) is 5.14. The van der Waals surface area contributed by atoms with Gasteiger partial charge in [-0.15, -0.1) is 0 Å². The topological polar surface area (TPSA) is 26.3 Å². The van der Waals surface area contributed by atoms with Gasteiger partial charge >= 0.3 is 5.97 Å². The molecule has 0 heterocycles. The van der Waals surface area contributed by atoms with Gasteiger partial charge in [-0.3, -0.25) is 4.79 Å². The van der Waals surface area contributed by atoms with Crippen LogP contribution in [-0.2, 0) is 9.53 Å². The molecule has 0 bridgehead atoms. The van der Waals surface area contributed by atoms with Crippen molar-refractivity contribution in [2.24, 2.45) is 0 Å². The van der Waals surface area contributed by atoms with Crippen molar-refractivity contribution in [2.75, 3.05) is 6.61 Å². The summed E-state index contributed by atoms with van der Waals surface area (Å²) >= 11 is 0. The summed E-state index contributed by atoms with van der Waals surface area (Å²) in [7, 11) is 5.67. The van der Waals surface area contributed by atoms with Gasteiger partial charge in [-0.05, 0) is 18.4 Å². The minimum absolute atomic E-state index is 0.146. The van der Waals surface area contributed by atoms with Crippen LogP contribution >= 0.6 is 0 Å². The minimum atomic E-state index is -0.160. The van der Waals surface area contributed by atoms with E-state index in [-0.39, 0.29) is 11.9 Å². The van der Waals surface area contributed by atoms with Crippen LogP contribution in [0, 0.1) is 0 Å². The second-order valence-corrected chi connectivity index (χ2v) is 3.58. The summed E-state index contributed by atoms with van der Waals surface area (Å²) in [4.78, 5) is 11.3. The second kappa shape index (κ2) is 5.59. The van der Waals surface area contributed by atoms with Crippen LogP contribution in [0.25, 0.3) is 0 Å². The standard InChI is InChI=1S/C12H15BO2/c1-3-15-12(14)7-9(2)10-5-4-6-11(13)8-10/h4-6,8-9H,3,7H2,1-2H3. The molecule has 1 aromatic carbocycles. The molecule has 0 saturated carbocycles. The molecule has 3 heteroatoms. The Hall–Kier alpha value is -1.25. The van der Waals surface area contributed by atoms with Crippen LogP contribution in [0.1, 0.15) is 31.7 Å². The van der Waals surface area contributed by atoms with Crippen molar-refractivity contribution >= 4 is 19.3 Å². The minimum Gasteiger partial charge on any atom is -0.466 e. The smallest absolute Gasteiger partial charge is 0.306 e. The Morgan fingerprint density at radius 1 is 1.53 bits per heavy atom. The van der Waals surface area contributed by atoms with E-state index in [0.717, 1.165) is 11.0 Å². The molecule has 1 atom stereocenters. The van der Waals surface area contributed by atoms with Crippen LogP contribution in [0.4, 0.5) is 0 Å². The summed E-state index contributed by atoms with van der Waals surface area (Å²) in [5, 5.41) is 0. The van der Waals surface area contributed by atoms with E-state index in [9.17, 15) is 4.79 Å². The fourth-order valence-corrected chi connectivity index (χ4v) is 1.45. The zero-order chi connectivity index (χ0) is 11.3. The van der Waals surface area contributed by atoms with E-state index in [1.807, 2.05) is 38.1 Å². The molecule has 0 N–H and O–H groups in total. The summed E-state index contributed by atoms with van der Waals surface area (Å²) in [5.41, 5.74) is 1.80. The quantitative estimate of drug-likeness (QED) is 0.546. The predicted octanol–water partition coefficient (Wildman–Crippen LogP) is 1.54. The van der Waals surface area contributed by atoms with E-state index >= 15 is 0 Å². The molecule has 0 aliphatic heterocycles. The van der Waals surface area contributed by atoms with Crippen molar-refractivity contribution in [1.29, 1.82) is 0 Å². The van der Waals surface area contributed by atoms with E-state index in [1.165, 1.54) is 0 Å². The zero-order valence-corrected chi connectivity index (χ0v) is 9.19. The SMILES string of the molecule is [B]c1cccc(C(C)CC(=O)OCC)c1. The maximum absolute atomic E-state index is 11.3. The molecule has 0 aliphatic carbocycles. The molecule has 78 valence electrons. The van der Waals surface area contributed by atoms with Crippen LogP contribution in [0.5, 0.6) is 0 Å². The van der Waals surface area contributed by atoms with Gasteiger partial charge in [0.15, 0.2) is 0 Å². The first-order valence-electron chi connectivity index (χ1n) is 5.14. The van der Waals surface area contributed by atoms with Gasteiger partial charge in [0.25, 0.3) is 0 Å². The number of carbonyl (C=O) groups is 1. The maximum atomic E-state index is 11.3. The molecule has 0 aromatic heterocycles. The zero-order valence-electron chi connectivity index (χ0n) is 9.19. The van der Waals surface area contributed by atoms with Gasteiger partial charge in [0.1, 0.15) is 7.85 Å². The normalized spacial score (nSPS) is 12.1. The van der Waals surface area contributed by atoms with Crippen molar-refractivity contribution in [3.05, 3.63) is 29.8 Å². The summed E-state index contributed by atoms with van der Waals surface area (Å²) < 4.78 is 4.89. The first kappa shape index (κ1) is 11.8. The number of esters is 1. The lowest BCUT2D eigenvalue weighted by atomic mass is 9.89. The highest BCUT2D eigenvalue weighted by atomic mass is 16.5. The van der Waals surface area contributed by atoms with Gasteiger partial charge in [-0.25, -0.2) is 0 Å². The van der Waals surface area contributed by atoms with Crippen molar-refractivity contribution in [3.63, 3.8) is 0 Å². The van der Waals surface area contributed by atoms with E-state index in [2.05, 4.69) is 0 Å². The van der Waals surface area contributed by atoms with Gasteiger partial charge < -0.3 is 4.74 Å². The van der Waals surface area contributed by atoms with Crippen molar-refractivity contribution in [1.82, 2.24) is 0 Å².